The van der Waals surface area contributed by atoms with Crippen LogP contribution in [0.1, 0.15) is 142 Å². The number of carbonyl (C=O) groups is 4. The number of benzene rings is 4. The lowest BCUT2D eigenvalue weighted by Gasteiger charge is -2.28. The second-order valence-electron chi connectivity index (χ2n) is 24.0. The molecule has 0 atom stereocenters. The maximum Gasteiger partial charge on any atom is 0.417 e. The Morgan fingerprint density at radius 1 is 0.582 bits per heavy atom. The van der Waals surface area contributed by atoms with Crippen LogP contribution in [0.25, 0.3) is 20.9 Å². The highest BCUT2D eigenvalue weighted by Gasteiger charge is 2.32. The number of nitro groups is 2. The Morgan fingerprint density at radius 3 is 1.34 bits per heavy atom. The monoisotopic (exact) mass is 1350 g/mol. The molecule has 0 radical (unpaired) electrons. The maximum atomic E-state index is 13.6. The number of hydrogen-bond donors (Lipinski definition) is 6. The number of nitrogens with one attached hydrogen (secondary N) is 5. The molecule has 31 heteroatoms. The fourth-order valence-corrected chi connectivity index (χ4v) is 15.3. The van der Waals surface area contributed by atoms with Crippen molar-refractivity contribution in [2.45, 2.75) is 178 Å². The Hall–Kier alpha value is -7.87. The predicted octanol–water partition coefficient (Wildman–Crippen LogP) is 13.5. The number of sulfonamides is 2. The van der Waals surface area contributed by atoms with Crippen molar-refractivity contribution < 1.29 is 64.8 Å². The maximum absolute atomic E-state index is 13.6. The van der Waals surface area contributed by atoms with Gasteiger partial charge in [-0.05, 0) is 169 Å². The molecule has 2 heterocycles. The van der Waals surface area contributed by atoms with Gasteiger partial charge in [0.15, 0.2) is 0 Å². The third-order valence-corrected chi connectivity index (χ3v) is 19.3. The van der Waals surface area contributed by atoms with E-state index in [1.54, 1.807) is 92.0 Å². The second-order valence-corrected chi connectivity index (χ2v) is 29.7. The summed E-state index contributed by atoms with van der Waals surface area (Å²) in [5, 5.41) is 31.3. The number of nitrogen functional groups attached to an aromatic ring is 1. The molecule has 91 heavy (non-hydrogen) atoms. The van der Waals surface area contributed by atoms with E-state index in [-0.39, 0.29) is 80.6 Å². The largest absolute Gasteiger partial charge is 0.447 e. The first kappa shape index (κ1) is 72.2. The van der Waals surface area contributed by atoms with E-state index >= 15 is 0 Å². The summed E-state index contributed by atoms with van der Waals surface area (Å²) in [5.41, 5.74) is 4.90. The first-order valence-corrected chi connectivity index (χ1v) is 33.8. The van der Waals surface area contributed by atoms with Crippen LogP contribution < -0.4 is 40.6 Å². The quantitative estimate of drug-likeness (QED) is 0.0214. The standard InChI is InChI=1S/C30H37N5O8S2.C23H34N4O4S2.C7H4ClNO4/c1-18(2)42-28(36)32-20-8-6-19(7-9-20)27-31-17-25(44-27)24-15-10-21(16-26(24)45(40,41)34-30(3,4)5)33-29(37)43-23-13-11-22(12-14-23)35(38)39;1-14(2)31-22(28)26-17-9-6-15(7-10-17)21-25-13-19(32-21)18-11-8-16(24)12-20(18)33(29,30)27-23(3,4)5;8-7(10)13-6-3-1-5(2-4-6)9(11)12/h10-20,34H,6-9H2,1-5H3,(H,32,36)(H,33,37);8,11-15,17,27H,6-7,9-10,24H2,1-5H3,(H,26,28);1-4H. The molecule has 2 fully saturated rings. The van der Waals surface area contributed by atoms with Gasteiger partial charge >= 0.3 is 23.7 Å². The van der Waals surface area contributed by atoms with E-state index in [2.05, 4.69) is 40.1 Å². The number of halogens is 1. The molecule has 3 amide bonds. The highest BCUT2D eigenvalue weighted by Crippen LogP contribution is 2.42. The number of rotatable bonds is 17. The minimum absolute atomic E-state index is 0.0271. The van der Waals surface area contributed by atoms with E-state index in [0.717, 1.165) is 66.3 Å². The van der Waals surface area contributed by atoms with Crippen LogP contribution >= 0.6 is 34.3 Å². The van der Waals surface area contributed by atoms with Gasteiger partial charge in [0.25, 0.3) is 11.4 Å². The Bertz CT molecular complexity index is 3760. The molecule has 6 aromatic rings. The van der Waals surface area contributed by atoms with Crippen LogP contribution in [-0.2, 0) is 29.5 Å². The van der Waals surface area contributed by atoms with Crippen LogP contribution in [0.2, 0.25) is 0 Å². The fourth-order valence-electron chi connectivity index (χ4n) is 9.52. The summed E-state index contributed by atoms with van der Waals surface area (Å²) < 4.78 is 78.7. The average Bonchev–Trinajstić information content (AvgIpc) is 1.82. The minimum Gasteiger partial charge on any atom is -0.447 e. The van der Waals surface area contributed by atoms with Crippen molar-refractivity contribution in [2.24, 2.45) is 0 Å². The van der Waals surface area contributed by atoms with Crippen LogP contribution in [-0.4, -0.2) is 95.7 Å². The Kier molecular flexibility index (Phi) is 24.9. The van der Waals surface area contributed by atoms with Gasteiger partial charge in [-0.15, -0.1) is 22.7 Å². The number of aromatic nitrogens is 2. The summed E-state index contributed by atoms with van der Waals surface area (Å²) in [5.74, 6) is 0.704. The van der Waals surface area contributed by atoms with Gasteiger partial charge in [0.1, 0.15) is 11.5 Å². The smallest absolute Gasteiger partial charge is 0.417 e. The number of thiazole rings is 2. The molecular weight excluding hydrogens is 1280 g/mol. The summed E-state index contributed by atoms with van der Waals surface area (Å²) in [4.78, 5) is 77.4. The SMILES string of the molecule is CC(C)OC(=O)NC1CCC(c2ncc(-c3ccc(N)cc3S(=O)(=O)NC(C)(C)C)s2)CC1.CC(C)OC(=O)NC1CCC(c2ncc(-c3ccc(NC(=O)Oc4ccc([N+](=O)[O-])cc4)cc3S(=O)(=O)NC(C)(C)C)s2)CC1.O=C(Cl)Oc1ccc([N+](=O)[O-])cc1. The molecule has 2 aliphatic carbocycles. The Balaban J connectivity index is 0.000000249. The normalized spacial score (nSPS) is 16.8. The van der Waals surface area contributed by atoms with Crippen molar-refractivity contribution in [3.63, 3.8) is 0 Å². The first-order valence-electron chi connectivity index (χ1n) is 28.9. The molecule has 7 N–H and O–H groups in total. The summed E-state index contributed by atoms with van der Waals surface area (Å²) in [6, 6.07) is 19.6. The van der Waals surface area contributed by atoms with Gasteiger partial charge in [0.05, 0.1) is 51.6 Å². The summed E-state index contributed by atoms with van der Waals surface area (Å²) in [6.07, 6.45) is 8.07. The van der Waals surface area contributed by atoms with Gasteiger partial charge in [-0.2, -0.15) is 0 Å². The van der Waals surface area contributed by atoms with Crippen molar-refractivity contribution in [1.29, 1.82) is 0 Å². The van der Waals surface area contributed by atoms with Crippen molar-refractivity contribution in [1.82, 2.24) is 30.0 Å². The summed E-state index contributed by atoms with van der Waals surface area (Å²) in [7, 11) is -7.81. The zero-order chi connectivity index (χ0) is 67.2. The van der Waals surface area contributed by atoms with E-state index in [1.165, 1.54) is 83.3 Å². The molecule has 0 unspecified atom stereocenters. The van der Waals surface area contributed by atoms with E-state index in [1.807, 2.05) is 13.8 Å². The predicted molar refractivity (Wildman–Crippen MR) is 347 cm³/mol. The topological polar surface area (TPSA) is 372 Å². The highest BCUT2D eigenvalue weighted by atomic mass is 35.5. The number of nitrogens with two attached hydrogens (primary N) is 1. The average molecular weight is 1360 g/mol. The van der Waals surface area contributed by atoms with Gasteiger partial charge < -0.3 is 35.3 Å². The van der Waals surface area contributed by atoms with E-state index in [0.29, 0.717) is 21.7 Å². The van der Waals surface area contributed by atoms with Crippen LogP contribution in [0.3, 0.4) is 0 Å². The van der Waals surface area contributed by atoms with Crippen molar-refractivity contribution >= 4 is 101 Å². The zero-order valence-electron chi connectivity index (χ0n) is 51.8. The third-order valence-electron chi connectivity index (χ3n) is 13.3. The molecule has 26 nitrogen and oxygen atoms in total. The molecule has 0 aliphatic heterocycles. The van der Waals surface area contributed by atoms with Crippen LogP contribution in [0.5, 0.6) is 11.5 Å². The number of hydrogen-bond acceptors (Lipinski definition) is 21. The summed E-state index contributed by atoms with van der Waals surface area (Å²) >= 11 is 7.85. The van der Waals surface area contributed by atoms with Gasteiger partial charge in [0, 0.05) is 106 Å². The number of amides is 3. The van der Waals surface area contributed by atoms with Gasteiger partial charge in [-0.3, -0.25) is 25.5 Å². The van der Waals surface area contributed by atoms with E-state index in [9.17, 15) is 56.2 Å². The van der Waals surface area contributed by atoms with E-state index < -0.39 is 58.6 Å². The van der Waals surface area contributed by atoms with Gasteiger partial charge in [-0.1, -0.05) is 12.1 Å². The molecule has 4 aromatic carbocycles. The Morgan fingerprint density at radius 2 is 0.967 bits per heavy atom. The molecule has 2 aromatic heterocycles. The lowest BCUT2D eigenvalue weighted by atomic mass is 9.86. The summed E-state index contributed by atoms with van der Waals surface area (Å²) in [6.45, 7) is 17.8. The van der Waals surface area contributed by atoms with Gasteiger partial charge in [0.2, 0.25) is 20.0 Å². The molecule has 2 saturated carbocycles. The molecule has 8 rings (SSSR count). The van der Waals surface area contributed by atoms with Crippen molar-refractivity contribution in [3.05, 3.63) is 128 Å². The van der Waals surface area contributed by atoms with Crippen LogP contribution in [0, 0.1) is 20.2 Å². The molecular formula is C60H75ClN10O16S4. The molecule has 0 spiro atoms. The number of non-ortho nitro benzene ring substituents is 2. The van der Waals surface area contributed by atoms with Crippen molar-refractivity contribution in [2.75, 3.05) is 11.1 Å². The number of alkyl carbamates (subject to hydrolysis) is 2. The minimum atomic E-state index is -4.05. The highest BCUT2D eigenvalue weighted by molar-refractivity contribution is 7.90. The number of ether oxygens (including phenoxy) is 4. The van der Waals surface area contributed by atoms with E-state index in [4.69, 9.17) is 31.5 Å². The lowest BCUT2D eigenvalue weighted by Crippen LogP contribution is -2.40. The molecule has 2 aliphatic rings. The zero-order valence-corrected chi connectivity index (χ0v) is 55.8. The Labute approximate surface area is 541 Å². The third kappa shape index (κ3) is 22.8. The number of nitro benzene ring substituents is 2. The number of carbonyl (C=O) groups excluding carboxylic acids is 4. The van der Waals surface area contributed by atoms with Crippen LogP contribution in [0.4, 0.5) is 41.9 Å². The van der Waals surface area contributed by atoms with Crippen molar-refractivity contribution in [3.8, 4) is 32.4 Å². The molecule has 492 valence electrons. The number of nitrogens with zero attached hydrogens (tertiary/aromatic N) is 4. The lowest BCUT2D eigenvalue weighted by molar-refractivity contribution is -0.385. The number of anilines is 2. The molecule has 0 bridgehead atoms. The van der Waals surface area contributed by atoms with Crippen LogP contribution in [0.15, 0.2) is 107 Å². The van der Waals surface area contributed by atoms with Gasteiger partial charge in [-0.25, -0.2) is 55.4 Å². The second kappa shape index (κ2) is 31.4. The fraction of sp³-hybridized carbons (Fsp3) is 0.433. The first-order chi connectivity index (χ1) is 42.5. The molecule has 0 saturated heterocycles.